The molecule has 0 radical (unpaired) electrons. The van der Waals surface area contributed by atoms with E-state index in [-0.39, 0.29) is 17.0 Å². The molecule has 0 amide bonds. The van der Waals surface area contributed by atoms with Crippen LogP contribution in [0.25, 0.3) is 11.0 Å². The zero-order chi connectivity index (χ0) is 20.2. The topological polar surface area (TPSA) is 56.8 Å². The maximum atomic E-state index is 4.87. The Morgan fingerprint density at radius 3 is 2.84 bits per heavy atom. The number of aromatic nitrogens is 3. The number of aryl methyl sites for hydroxylation is 1. The van der Waals surface area contributed by atoms with Crippen molar-refractivity contribution in [1.82, 2.24) is 25.2 Å². The summed E-state index contributed by atoms with van der Waals surface area (Å²) in [6, 6.07) is 13.8. The summed E-state index contributed by atoms with van der Waals surface area (Å²) in [5.74, 6) is 1.06. The number of halogens is 1. The molecule has 2 aliphatic rings. The molecule has 2 N–H and O–H groups in total. The monoisotopic (exact) mass is 483 g/mol. The molecular weight excluding hydrogens is 450 g/mol. The van der Waals surface area contributed by atoms with E-state index in [0.717, 1.165) is 36.4 Å². The van der Waals surface area contributed by atoms with Gasteiger partial charge in [0.05, 0.1) is 29.3 Å². The fourth-order valence-corrected chi connectivity index (χ4v) is 5.27. The maximum Gasteiger partial charge on any atom is 0.121 e. The molecule has 2 aromatic heterocycles. The Hall–Kier alpha value is -1.76. The zero-order valence-corrected chi connectivity index (χ0v) is 19.9. The minimum absolute atomic E-state index is 0. The fraction of sp³-hybridized carbons (Fsp3) is 0.520. The summed E-state index contributed by atoms with van der Waals surface area (Å²) >= 11 is 0. The lowest BCUT2D eigenvalue weighted by Gasteiger charge is -2.35. The predicted octanol–water partition coefficient (Wildman–Crippen LogP) is 5.34. The molecule has 2 unspecified atom stereocenters. The lowest BCUT2D eigenvalue weighted by Crippen LogP contribution is -2.36. The Bertz CT molecular complexity index is 932. The molecule has 1 aromatic carbocycles. The Labute approximate surface area is 195 Å². The molecule has 0 spiro atoms. The Morgan fingerprint density at radius 1 is 1.03 bits per heavy atom. The van der Waals surface area contributed by atoms with Gasteiger partial charge in [-0.2, -0.15) is 0 Å². The van der Waals surface area contributed by atoms with Crippen molar-refractivity contribution in [1.29, 1.82) is 0 Å². The minimum Gasteiger partial charge on any atom is -0.341 e. The molecule has 3 heterocycles. The molecular formula is C25H34BrN5. The molecule has 5 rings (SSSR count). The highest BCUT2D eigenvalue weighted by Gasteiger charge is 2.28. The van der Waals surface area contributed by atoms with Crippen molar-refractivity contribution >= 4 is 28.0 Å². The van der Waals surface area contributed by atoms with E-state index >= 15 is 0 Å². The second kappa shape index (κ2) is 10.7. The van der Waals surface area contributed by atoms with Crippen LogP contribution >= 0.6 is 17.0 Å². The van der Waals surface area contributed by atoms with Crippen LogP contribution in [0.4, 0.5) is 0 Å². The van der Waals surface area contributed by atoms with Crippen LogP contribution in [0.3, 0.4) is 0 Å². The summed E-state index contributed by atoms with van der Waals surface area (Å²) in [5.41, 5.74) is 4.90. The van der Waals surface area contributed by atoms with Gasteiger partial charge in [0.2, 0.25) is 0 Å². The Balaban J connectivity index is 0.00000231. The van der Waals surface area contributed by atoms with Crippen LogP contribution in [0.2, 0.25) is 0 Å². The third kappa shape index (κ3) is 5.36. The highest BCUT2D eigenvalue weighted by Crippen LogP contribution is 2.34. The summed E-state index contributed by atoms with van der Waals surface area (Å²) < 4.78 is 0. The average molecular weight is 484 g/mol. The largest absolute Gasteiger partial charge is 0.341 e. The number of aromatic amines is 1. The number of imidazole rings is 1. The lowest BCUT2D eigenvalue weighted by atomic mass is 9.90. The van der Waals surface area contributed by atoms with Crippen molar-refractivity contribution in [2.24, 2.45) is 0 Å². The number of piperidine rings is 1. The molecule has 31 heavy (non-hydrogen) atoms. The molecule has 5 nitrogen and oxygen atoms in total. The lowest BCUT2D eigenvalue weighted by molar-refractivity contribution is 0.156. The first-order valence-corrected chi connectivity index (χ1v) is 11.7. The van der Waals surface area contributed by atoms with Crippen molar-refractivity contribution in [3.05, 3.63) is 59.7 Å². The maximum absolute atomic E-state index is 4.87. The van der Waals surface area contributed by atoms with Crippen LogP contribution in [0.1, 0.15) is 68.1 Å². The van der Waals surface area contributed by atoms with E-state index in [1.165, 1.54) is 62.7 Å². The molecule has 1 fully saturated rings. The standard InChI is InChI=1S/C25H33N5.BrH/c1-2-13-22-21(12-1)28-24(29-22)18-30(17-7-11-20-10-3-4-15-26-20)23-14-5-8-19-9-6-16-27-25(19)23;/h1-2,6,9,12-13,16,20,23,26H,3-5,7-8,10-11,14-15,17-18H2,(H,28,29);1H. The van der Waals surface area contributed by atoms with Gasteiger partial charge in [0.15, 0.2) is 0 Å². The van der Waals surface area contributed by atoms with Gasteiger partial charge in [0.1, 0.15) is 5.82 Å². The minimum atomic E-state index is 0. The number of hydrogen-bond acceptors (Lipinski definition) is 4. The number of nitrogens with one attached hydrogen (secondary N) is 2. The third-order valence-corrected chi connectivity index (χ3v) is 6.81. The van der Waals surface area contributed by atoms with Crippen LogP contribution in [0.15, 0.2) is 42.6 Å². The highest BCUT2D eigenvalue weighted by molar-refractivity contribution is 8.93. The molecule has 166 valence electrons. The number of rotatable bonds is 7. The van der Waals surface area contributed by atoms with Crippen molar-refractivity contribution in [2.45, 2.75) is 70.0 Å². The summed E-state index contributed by atoms with van der Waals surface area (Å²) in [7, 11) is 0. The quantitative estimate of drug-likeness (QED) is 0.476. The predicted molar refractivity (Wildman–Crippen MR) is 132 cm³/mol. The number of hydrogen-bond donors (Lipinski definition) is 2. The van der Waals surface area contributed by atoms with Crippen LogP contribution < -0.4 is 5.32 Å². The van der Waals surface area contributed by atoms with Gasteiger partial charge in [-0.3, -0.25) is 9.88 Å². The van der Waals surface area contributed by atoms with E-state index in [2.05, 4.69) is 51.6 Å². The van der Waals surface area contributed by atoms with Crippen LogP contribution in [0.5, 0.6) is 0 Å². The molecule has 1 aliphatic heterocycles. The van der Waals surface area contributed by atoms with E-state index in [1.807, 2.05) is 6.20 Å². The second-order valence-corrected chi connectivity index (χ2v) is 8.92. The summed E-state index contributed by atoms with van der Waals surface area (Å²) in [6.45, 7) is 3.14. The molecule has 1 saturated heterocycles. The third-order valence-electron chi connectivity index (χ3n) is 6.81. The van der Waals surface area contributed by atoms with Gasteiger partial charge in [0.25, 0.3) is 0 Å². The van der Waals surface area contributed by atoms with E-state index in [0.29, 0.717) is 12.1 Å². The molecule has 6 heteroatoms. The summed E-state index contributed by atoms with van der Waals surface area (Å²) in [6.07, 6.45) is 12.1. The number of para-hydroxylation sites is 2. The zero-order valence-electron chi connectivity index (χ0n) is 18.2. The first-order chi connectivity index (χ1) is 14.9. The molecule has 2 atom stereocenters. The van der Waals surface area contributed by atoms with E-state index < -0.39 is 0 Å². The van der Waals surface area contributed by atoms with Gasteiger partial charge in [-0.25, -0.2) is 4.98 Å². The smallest absolute Gasteiger partial charge is 0.121 e. The number of H-pyrrole nitrogens is 1. The van der Waals surface area contributed by atoms with Gasteiger partial charge < -0.3 is 10.3 Å². The van der Waals surface area contributed by atoms with E-state index in [1.54, 1.807) is 0 Å². The number of benzene rings is 1. The Morgan fingerprint density at radius 2 is 1.97 bits per heavy atom. The van der Waals surface area contributed by atoms with Crippen molar-refractivity contribution in [3.8, 4) is 0 Å². The Kier molecular flexibility index (Phi) is 7.75. The van der Waals surface area contributed by atoms with Crippen LogP contribution in [0, 0.1) is 0 Å². The number of nitrogens with zero attached hydrogens (tertiary/aromatic N) is 3. The first kappa shape index (κ1) is 22.4. The van der Waals surface area contributed by atoms with Crippen molar-refractivity contribution in [2.75, 3.05) is 13.1 Å². The highest BCUT2D eigenvalue weighted by atomic mass is 79.9. The van der Waals surface area contributed by atoms with Gasteiger partial charge in [-0.15, -0.1) is 17.0 Å². The summed E-state index contributed by atoms with van der Waals surface area (Å²) in [5, 5.41) is 3.71. The average Bonchev–Trinajstić information content (AvgIpc) is 3.21. The van der Waals surface area contributed by atoms with Gasteiger partial charge in [-0.05, 0) is 81.8 Å². The first-order valence-electron chi connectivity index (χ1n) is 11.7. The van der Waals surface area contributed by atoms with Crippen molar-refractivity contribution < 1.29 is 0 Å². The van der Waals surface area contributed by atoms with Crippen LogP contribution in [-0.4, -0.2) is 39.0 Å². The summed E-state index contributed by atoms with van der Waals surface area (Å²) in [4.78, 5) is 15.9. The fourth-order valence-electron chi connectivity index (χ4n) is 5.27. The molecule has 0 bridgehead atoms. The normalized spacial score (nSPS) is 21.1. The number of fused-ring (bicyclic) bond motifs is 2. The van der Waals surface area contributed by atoms with E-state index in [4.69, 9.17) is 9.97 Å². The van der Waals surface area contributed by atoms with Crippen molar-refractivity contribution in [3.63, 3.8) is 0 Å². The van der Waals surface area contributed by atoms with Gasteiger partial charge >= 0.3 is 0 Å². The SMILES string of the molecule is Br.c1cnc2c(c1)CCCC2N(CCCC1CCCCN1)Cc1nc2ccccc2[nH]1. The van der Waals surface area contributed by atoms with Gasteiger partial charge in [0, 0.05) is 12.2 Å². The molecule has 1 aliphatic carbocycles. The molecule has 3 aromatic rings. The molecule has 0 saturated carbocycles. The van der Waals surface area contributed by atoms with Gasteiger partial charge in [-0.1, -0.05) is 24.6 Å². The number of pyridine rings is 1. The van der Waals surface area contributed by atoms with E-state index in [9.17, 15) is 0 Å². The second-order valence-electron chi connectivity index (χ2n) is 8.92. The van der Waals surface area contributed by atoms with Crippen LogP contribution in [-0.2, 0) is 13.0 Å².